The lowest BCUT2D eigenvalue weighted by Crippen LogP contribution is -2.40. The van der Waals surface area contributed by atoms with Crippen LogP contribution in [0.25, 0.3) is 6.08 Å². The first-order valence-electron chi connectivity index (χ1n) is 7.36. The molecular formula is C18H23BrO. The molecule has 1 aromatic rings. The molecule has 0 aromatic heterocycles. The topological polar surface area (TPSA) is 17.1 Å². The molecule has 2 heteroatoms. The van der Waals surface area contributed by atoms with E-state index in [4.69, 9.17) is 0 Å². The van der Waals surface area contributed by atoms with E-state index in [1.54, 1.807) is 0 Å². The minimum absolute atomic E-state index is 0.201. The molecule has 0 spiro atoms. The second-order valence-corrected chi connectivity index (χ2v) is 7.41. The Hall–Kier alpha value is -0.890. The molecule has 1 aromatic carbocycles. The maximum absolute atomic E-state index is 12.9. The van der Waals surface area contributed by atoms with Gasteiger partial charge < -0.3 is 0 Å². The first kappa shape index (κ1) is 15.5. The van der Waals surface area contributed by atoms with Crippen molar-refractivity contribution in [2.24, 2.45) is 17.3 Å². The van der Waals surface area contributed by atoms with Crippen molar-refractivity contribution >= 4 is 27.8 Å². The van der Waals surface area contributed by atoms with Crippen LogP contribution in [0.4, 0.5) is 0 Å². The SMILES string of the molecule is CC1CCC(C)(C(C)C)C(=O)C1=Cc1ccc(Br)cc1. The van der Waals surface area contributed by atoms with E-state index in [9.17, 15) is 4.79 Å². The molecule has 1 fully saturated rings. The fourth-order valence-electron chi connectivity index (χ4n) is 2.84. The van der Waals surface area contributed by atoms with E-state index >= 15 is 0 Å². The first-order valence-corrected chi connectivity index (χ1v) is 8.16. The molecule has 0 radical (unpaired) electrons. The van der Waals surface area contributed by atoms with Crippen LogP contribution in [0.15, 0.2) is 34.3 Å². The van der Waals surface area contributed by atoms with Gasteiger partial charge in [-0.05, 0) is 54.0 Å². The normalized spacial score (nSPS) is 29.2. The van der Waals surface area contributed by atoms with Crippen LogP contribution in [0.5, 0.6) is 0 Å². The Bertz CT molecular complexity index is 527. The predicted octanol–water partition coefficient (Wildman–Crippen LogP) is 5.49. The summed E-state index contributed by atoms with van der Waals surface area (Å²) in [6.45, 7) is 8.61. The molecule has 0 N–H and O–H groups in total. The third-order valence-corrected chi connectivity index (χ3v) is 5.40. The molecule has 1 aliphatic carbocycles. The molecular weight excluding hydrogens is 312 g/mol. The Morgan fingerprint density at radius 2 is 1.90 bits per heavy atom. The van der Waals surface area contributed by atoms with Gasteiger partial charge in [0.25, 0.3) is 0 Å². The van der Waals surface area contributed by atoms with Crippen molar-refractivity contribution in [1.82, 2.24) is 0 Å². The summed E-state index contributed by atoms with van der Waals surface area (Å²) < 4.78 is 1.06. The van der Waals surface area contributed by atoms with Crippen molar-refractivity contribution in [3.63, 3.8) is 0 Å². The van der Waals surface area contributed by atoms with E-state index in [0.29, 0.717) is 17.6 Å². The molecule has 0 amide bonds. The second-order valence-electron chi connectivity index (χ2n) is 6.49. The minimum Gasteiger partial charge on any atom is -0.294 e. The van der Waals surface area contributed by atoms with Crippen LogP contribution < -0.4 is 0 Å². The zero-order chi connectivity index (χ0) is 14.9. The largest absolute Gasteiger partial charge is 0.294 e. The Morgan fingerprint density at radius 3 is 2.45 bits per heavy atom. The summed E-state index contributed by atoms with van der Waals surface area (Å²) >= 11 is 3.44. The lowest BCUT2D eigenvalue weighted by Gasteiger charge is -2.39. The number of halogens is 1. The van der Waals surface area contributed by atoms with Crippen molar-refractivity contribution in [1.29, 1.82) is 0 Å². The molecule has 0 aliphatic heterocycles. The van der Waals surface area contributed by atoms with Gasteiger partial charge in [0.1, 0.15) is 0 Å². The number of hydrogen-bond donors (Lipinski definition) is 0. The molecule has 2 rings (SSSR count). The first-order chi connectivity index (χ1) is 9.34. The van der Waals surface area contributed by atoms with Crippen molar-refractivity contribution in [3.05, 3.63) is 39.9 Å². The van der Waals surface area contributed by atoms with Gasteiger partial charge in [0.2, 0.25) is 0 Å². The Kier molecular flexibility index (Phi) is 4.53. The van der Waals surface area contributed by atoms with E-state index in [-0.39, 0.29) is 5.41 Å². The van der Waals surface area contributed by atoms with Gasteiger partial charge in [0.05, 0.1) is 0 Å². The van der Waals surface area contributed by atoms with E-state index in [2.05, 4.69) is 61.8 Å². The van der Waals surface area contributed by atoms with Crippen LogP contribution in [0.2, 0.25) is 0 Å². The number of benzene rings is 1. The standard InChI is InChI=1S/C18H23BrO/c1-12(2)18(4)10-9-13(3)16(17(18)20)11-14-5-7-15(19)8-6-14/h5-8,11-13H,9-10H2,1-4H3. The molecule has 0 heterocycles. The van der Waals surface area contributed by atoms with E-state index in [1.165, 1.54) is 0 Å². The van der Waals surface area contributed by atoms with Crippen molar-refractivity contribution in [3.8, 4) is 0 Å². The smallest absolute Gasteiger partial charge is 0.165 e. The summed E-state index contributed by atoms with van der Waals surface area (Å²) in [5.41, 5.74) is 1.90. The molecule has 1 aliphatic rings. The van der Waals surface area contributed by atoms with Crippen LogP contribution in [0, 0.1) is 17.3 Å². The number of ketones is 1. The van der Waals surface area contributed by atoms with Crippen LogP contribution in [-0.2, 0) is 4.79 Å². The molecule has 2 atom stereocenters. The van der Waals surface area contributed by atoms with Gasteiger partial charge in [-0.15, -0.1) is 0 Å². The number of carbonyl (C=O) groups is 1. The number of Topliss-reactive ketones (excluding diaryl/α,β-unsaturated/α-hetero) is 1. The minimum atomic E-state index is -0.201. The summed E-state index contributed by atoms with van der Waals surface area (Å²) in [5, 5.41) is 0. The average Bonchev–Trinajstić information content (AvgIpc) is 2.41. The Balaban J connectivity index is 2.37. The van der Waals surface area contributed by atoms with Gasteiger partial charge >= 0.3 is 0 Å². The predicted molar refractivity (Wildman–Crippen MR) is 88.5 cm³/mol. The van der Waals surface area contributed by atoms with E-state index < -0.39 is 0 Å². The third kappa shape index (κ3) is 2.90. The zero-order valence-electron chi connectivity index (χ0n) is 12.7. The maximum atomic E-state index is 12.9. The van der Waals surface area contributed by atoms with Crippen molar-refractivity contribution in [2.75, 3.05) is 0 Å². The third-order valence-electron chi connectivity index (χ3n) is 4.87. The molecule has 20 heavy (non-hydrogen) atoms. The van der Waals surface area contributed by atoms with E-state index in [0.717, 1.165) is 28.5 Å². The molecule has 0 bridgehead atoms. The highest BCUT2D eigenvalue weighted by molar-refractivity contribution is 9.10. The van der Waals surface area contributed by atoms with Crippen molar-refractivity contribution in [2.45, 2.75) is 40.5 Å². The van der Waals surface area contributed by atoms with Gasteiger partial charge in [-0.3, -0.25) is 4.79 Å². The zero-order valence-corrected chi connectivity index (χ0v) is 14.3. The number of rotatable bonds is 2. The van der Waals surface area contributed by atoms with Gasteiger partial charge in [0, 0.05) is 9.89 Å². The highest BCUT2D eigenvalue weighted by Gasteiger charge is 2.42. The number of hydrogen-bond acceptors (Lipinski definition) is 1. The van der Waals surface area contributed by atoms with Crippen LogP contribution >= 0.6 is 15.9 Å². The van der Waals surface area contributed by atoms with E-state index in [1.807, 2.05) is 12.1 Å². The molecule has 1 nitrogen and oxygen atoms in total. The van der Waals surface area contributed by atoms with Gasteiger partial charge in [-0.25, -0.2) is 0 Å². The molecule has 1 saturated carbocycles. The summed E-state index contributed by atoms with van der Waals surface area (Å²) in [7, 11) is 0. The van der Waals surface area contributed by atoms with Crippen molar-refractivity contribution < 1.29 is 4.79 Å². The summed E-state index contributed by atoms with van der Waals surface area (Å²) in [4.78, 5) is 12.9. The fraction of sp³-hybridized carbons (Fsp3) is 0.500. The Labute approximate surface area is 130 Å². The average molecular weight is 335 g/mol. The quantitative estimate of drug-likeness (QED) is 0.653. The summed E-state index contributed by atoms with van der Waals surface area (Å²) in [6.07, 6.45) is 4.18. The maximum Gasteiger partial charge on any atom is 0.165 e. The summed E-state index contributed by atoms with van der Waals surface area (Å²) in [6, 6.07) is 8.15. The lowest BCUT2D eigenvalue weighted by atomic mass is 9.63. The number of allylic oxidation sites excluding steroid dienone is 1. The second kappa shape index (κ2) is 5.85. The lowest BCUT2D eigenvalue weighted by molar-refractivity contribution is -0.129. The molecule has 108 valence electrons. The van der Waals surface area contributed by atoms with Gasteiger partial charge in [-0.2, -0.15) is 0 Å². The van der Waals surface area contributed by atoms with Crippen LogP contribution in [-0.4, -0.2) is 5.78 Å². The molecule has 0 saturated heterocycles. The molecule has 2 unspecified atom stereocenters. The van der Waals surface area contributed by atoms with Gasteiger partial charge in [0.15, 0.2) is 5.78 Å². The highest BCUT2D eigenvalue weighted by atomic mass is 79.9. The number of carbonyl (C=O) groups excluding carboxylic acids is 1. The fourth-order valence-corrected chi connectivity index (χ4v) is 3.10. The van der Waals surface area contributed by atoms with Crippen LogP contribution in [0.3, 0.4) is 0 Å². The highest BCUT2D eigenvalue weighted by Crippen LogP contribution is 2.44. The monoisotopic (exact) mass is 334 g/mol. The van der Waals surface area contributed by atoms with Gasteiger partial charge in [-0.1, -0.05) is 55.8 Å². The summed E-state index contributed by atoms with van der Waals surface area (Å²) in [5.74, 6) is 1.09. The Morgan fingerprint density at radius 1 is 1.30 bits per heavy atom. The van der Waals surface area contributed by atoms with Crippen LogP contribution in [0.1, 0.15) is 46.1 Å².